The van der Waals surface area contributed by atoms with Crippen LogP contribution in [-0.4, -0.2) is 34.5 Å². The number of hydrogen-bond donors (Lipinski definition) is 5. The first-order chi connectivity index (χ1) is 7.62. The van der Waals surface area contributed by atoms with Gasteiger partial charge in [0.2, 0.25) is 0 Å². The van der Waals surface area contributed by atoms with E-state index in [1.54, 1.807) is 0 Å². The van der Waals surface area contributed by atoms with Gasteiger partial charge in [-0.2, -0.15) is 0 Å². The van der Waals surface area contributed by atoms with Crippen molar-refractivity contribution in [3.63, 3.8) is 0 Å². The minimum absolute atomic E-state index is 0.303. The van der Waals surface area contributed by atoms with Crippen LogP contribution in [0.5, 0.6) is 0 Å². The number of rotatable bonds is 5. The van der Waals surface area contributed by atoms with E-state index in [4.69, 9.17) is 16.1 Å². The molecule has 8 heteroatoms. The van der Waals surface area contributed by atoms with Crippen LogP contribution in [0.15, 0.2) is 6.07 Å². The van der Waals surface area contributed by atoms with E-state index in [9.17, 15) is 8.78 Å². The predicted molar refractivity (Wildman–Crippen MR) is 53.5 cm³/mol. The first-order valence-corrected chi connectivity index (χ1v) is 4.43. The number of aliphatic hydroxyl groups excluding tert-OH is 2. The quantitative estimate of drug-likeness (QED) is 0.344. The second-order valence-electron chi connectivity index (χ2n) is 3.00. The van der Waals surface area contributed by atoms with Crippen LogP contribution in [0.4, 0.5) is 20.4 Å². The smallest absolute Gasteiger partial charge is 0.178 e. The van der Waals surface area contributed by atoms with Crippen molar-refractivity contribution in [2.45, 2.75) is 6.04 Å². The number of hydrogen-bond acceptors (Lipinski definition) is 6. The van der Waals surface area contributed by atoms with Crippen LogP contribution in [0, 0.1) is 11.6 Å². The van der Waals surface area contributed by atoms with Gasteiger partial charge in [0.05, 0.1) is 19.3 Å². The summed E-state index contributed by atoms with van der Waals surface area (Å²) in [5.74, 6) is 2.45. The molecule has 0 saturated carbocycles. The molecule has 1 aromatic heterocycles. The molecule has 0 bridgehead atoms. The molecule has 0 fully saturated rings. The third kappa shape index (κ3) is 2.75. The second-order valence-corrected chi connectivity index (χ2v) is 3.00. The molecule has 0 aliphatic rings. The third-order valence-electron chi connectivity index (χ3n) is 1.85. The Morgan fingerprint density at radius 2 is 1.81 bits per heavy atom. The first-order valence-electron chi connectivity index (χ1n) is 4.43. The SMILES string of the molecule is NNc1nc(NC(CO)CO)c(F)cc1F. The minimum Gasteiger partial charge on any atom is -0.394 e. The van der Waals surface area contributed by atoms with Crippen LogP contribution >= 0.6 is 0 Å². The fourth-order valence-electron chi connectivity index (χ4n) is 1.01. The molecule has 0 amide bonds. The molecule has 0 aliphatic heterocycles. The highest BCUT2D eigenvalue weighted by molar-refractivity contribution is 5.47. The van der Waals surface area contributed by atoms with Crippen LogP contribution in [0.1, 0.15) is 0 Å². The van der Waals surface area contributed by atoms with E-state index in [0.29, 0.717) is 6.07 Å². The number of aromatic nitrogens is 1. The summed E-state index contributed by atoms with van der Waals surface area (Å²) < 4.78 is 26.2. The Labute approximate surface area is 90.1 Å². The van der Waals surface area contributed by atoms with Gasteiger partial charge in [0, 0.05) is 6.07 Å². The highest BCUT2D eigenvalue weighted by Gasteiger charge is 2.14. The molecule has 0 unspecified atom stereocenters. The average Bonchev–Trinajstić information content (AvgIpc) is 2.28. The highest BCUT2D eigenvalue weighted by Crippen LogP contribution is 2.18. The molecular formula is C8H12F2N4O2. The maximum atomic E-state index is 13.2. The number of pyridine rings is 1. The van der Waals surface area contributed by atoms with Crippen LogP contribution < -0.4 is 16.6 Å². The molecule has 16 heavy (non-hydrogen) atoms. The minimum atomic E-state index is -0.941. The molecule has 0 atom stereocenters. The van der Waals surface area contributed by atoms with E-state index in [2.05, 4.69) is 10.3 Å². The Morgan fingerprint density at radius 3 is 2.31 bits per heavy atom. The molecule has 90 valence electrons. The number of aliphatic hydroxyl groups is 2. The second kappa shape index (κ2) is 5.54. The fourth-order valence-corrected chi connectivity index (χ4v) is 1.01. The average molecular weight is 234 g/mol. The van der Waals surface area contributed by atoms with Gasteiger partial charge in [-0.3, -0.25) is 0 Å². The van der Waals surface area contributed by atoms with E-state index in [1.807, 2.05) is 5.43 Å². The lowest BCUT2D eigenvalue weighted by molar-refractivity contribution is 0.203. The molecule has 0 saturated heterocycles. The largest absolute Gasteiger partial charge is 0.394 e. The Balaban J connectivity index is 2.95. The zero-order valence-corrected chi connectivity index (χ0v) is 8.24. The number of halogens is 2. The normalized spacial score (nSPS) is 10.6. The molecule has 0 radical (unpaired) electrons. The van der Waals surface area contributed by atoms with Crippen molar-refractivity contribution in [2.75, 3.05) is 24.0 Å². The van der Waals surface area contributed by atoms with Crippen LogP contribution in [-0.2, 0) is 0 Å². The van der Waals surface area contributed by atoms with E-state index in [1.165, 1.54) is 0 Å². The number of nitrogens with two attached hydrogens (primary N) is 1. The van der Waals surface area contributed by atoms with Gasteiger partial charge in [-0.25, -0.2) is 19.6 Å². The van der Waals surface area contributed by atoms with Crippen molar-refractivity contribution in [3.05, 3.63) is 17.7 Å². The van der Waals surface area contributed by atoms with Gasteiger partial charge in [-0.15, -0.1) is 0 Å². The van der Waals surface area contributed by atoms with Crippen molar-refractivity contribution < 1.29 is 19.0 Å². The van der Waals surface area contributed by atoms with Gasteiger partial charge in [-0.1, -0.05) is 0 Å². The molecule has 1 heterocycles. The highest BCUT2D eigenvalue weighted by atomic mass is 19.1. The van der Waals surface area contributed by atoms with Crippen molar-refractivity contribution in [2.24, 2.45) is 5.84 Å². The third-order valence-corrected chi connectivity index (χ3v) is 1.85. The summed E-state index contributed by atoms with van der Waals surface area (Å²) in [6.07, 6.45) is 0. The summed E-state index contributed by atoms with van der Waals surface area (Å²) in [5, 5.41) is 19.9. The van der Waals surface area contributed by atoms with Gasteiger partial charge in [0.25, 0.3) is 0 Å². The van der Waals surface area contributed by atoms with E-state index in [0.717, 1.165) is 0 Å². The molecule has 0 aliphatic carbocycles. The molecule has 0 aromatic carbocycles. The standard InChI is InChI=1S/C8H12F2N4O2/c9-5-1-6(10)8(14-11)13-7(5)12-4(2-15)3-16/h1,4,15-16H,2-3,11H2,(H2,12,13,14). The van der Waals surface area contributed by atoms with Gasteiger partial charge >= 0.3 is 0 Å². The Kier molecular flexibility index (Phi) is 4.35. The summed E-state index contributed by atoms with van der Waals surface area (Å²) >= 11 is 0. The van der Waals surface area contributed by atoms with E-state index < -0.39 is 30.9 Å². The number of nitrogens with zero attached hydrogens (tertiary/aromatic N) is 1. The Morgan fingerprint density at radius 1 is 1.25 bits per heavy atom. The molecule has 1 rings (SSSR count). The zero-order valence-electron chi connectivity index (χ0n) is 8.24. The van der Waals surface area contributed by atoms with Crippen molar-refractivity contribution in [3.8, 4) is 0 Å². The Bertz CT molecular complexity index is 360. The van der Waals surface area contributed by atoms with Gasteiger partial charge in [0.15, 0.2) is 23.3 Å². The molecule has 1 aromatic rings. The first kappa shape index (κ1) is 12.6. The number of nitrogens with one attached hydrogen (secondary N) is 2. The van der Waals surface area contributed by atoms with Crippen molar-refractivity contribution >= 4 is 11.6 Å². The number of anilines is 2. The monoisotopic (exact) mass is 234 g/mol. The molecular weight excluding hydrogens is 222 g/mol. The lowest BCUT2D eigenvalue weighted by atomic mass is 10.3. The summed E-state index contributed by atoms with van der Waals surface area (Å²) in [7, 11) is 0. The van der Waals surface area contributed by atoms with E-state index in [-0.39, 0.29) is 11.6 Å². The fraction of sp³-hybridized carbons (Fsp3) is 0.375. The summed E-state index contributed by atoms with van der Waals surface area (Å²) in [6, 6.07) is -0.186. The molecule has 0 spiro atoms. The Hall–Kier alpha value is -1.51. The van der Waals surface area contributed by atoms with Crippen molar-refractivity contribution in [1.82, 2.24) is 4.98 Å². The maximum absolute atomic E-state index is 13.2. The molecule has 6 nitrogen and oxygen atoms in total. The number of nitrogen functional groups attached to an aromatic ring is 1. The van der Waals surface area contributed by atoms with E-state index >= 15 is 0 Å². The topological polar surface area (TPSA) is 103 Å². The maximum Gasteiger partial charge on any atom is 0.178 e. The zero-order chi connectivity index (χ0) is 12.1. The lowest BCUT2D eigenvalue weighted by Crippen LogP contribution is -2.29. The number of hydrazine groups is 1. The van der Waals surface area contributed by atoms with Gasteiger partial charge in [0.1, 0.15) is 0 Å². The van der Waals surface area contributed by atoms with Crippen molar-refractivity contribution in [1.29, 1.82) is 0 Å². The van der Waals surface area contributed by atoms with Gasteiger partial charge < -0.3 is 21.0 Å². The predicted octanol–water partition coefficient (Wildman–Crippen LogP) is -0.590. The van der Waals surface area contributed by atoms with Crippen LogP contribution in [0.25, 0.3) is 0 Å². The molecule has 6 N–H and O–H groups in total. The summed E-state index contributed by atoms with van der Waals surface area (Å²) in [6.45, 7) is -0.833. The summed E-state index contributed by atoms with van der Waals surface area (Å²) in [5.41, 5.74) is 1.95. The van der Waals surface area contributed by atoms with Gasteiger partial charge in [-0.05, 0) is 0 Å². The lowest BCUT2D eigenvalue weighted by Gasteiger charge is -2.15. The summed E-state index contributed by atoms with van der Waals surface area (Å²) in [4.78, 5) is 3.51. The van der Waals surface area contributed by atoms with Crippen LogP contribution in [0.2, 0.25) is 0 Å². The van der Waals surface area contributed by atoms with Crippen LogP contribution in [0.3, 0.4) is 0 Å².